The van der Waals surface area contributed by atoms with Crippen molar-refractivity contribution in [2.75, 3.05) is 0 Å². The maximum Gasteiger partial charge on any atom is 0.0911 e. The van der Waals surface area contributed by atoms with Crippen molar-refractivity contribution in [2.24, 2.45) is 0 Å². The van der Waals surface area contributed by atoms with Gasteiger partial charge >= 0.3 is 0 Å². The number of unbranched alkanes of at least 4 members (excludes halogenated alkanes) is 16. The third kappa shape index (κ3) is 15.8. The zero-order valence-electron chi connectivity index (χ0n) is 20.8. The summed E-state index contributed by atoms with van der Waals surface area (Å²) in [7, 11) is 0. The Morgan fingerprint density at radius 3 is 1.39 bits per heavy atom. The van der Waals surface area contributed by atoms with Crippen molar-refractivity contribution in [3.8, 4) is 0 Å². The molecule has 0 radical (unpaired) electrons. The van der Waals surface area contributed by atoms with E-state index < -0.39 is 5.60 Å². The van der Waals surface area contributed by atoms with Crippen LogP contribution in [-0.4, -0.2) is 10.1 Å². The summed E-state index contributed by atoms with van der Waals surface area (Å²) in [4.78, 5) is 4.28. The average molecular weight is 454 g/mol. The molecule has 3 heteroatoms. The highest BCUT2D eigenvalue weighted by atomic mass is 35.5. The van der Waals surface area contributed by atoms with Gasteiger partial charge in [0.25, 0.3) is 0 Å². The second-order valence-corrected chi connectivity index (χ2v) is 9.43. The Bertz CT molecular complexity index is 457. The highest BCUT2D eigenvalue weighted by Gasteiger charge is 2.28. The van der Waals surface area contributed by atoms with E-state index in [2.05, 4.69) is 24.9 Å². The van der Waals surface area contributed by atoms with E-state index >= 15 is 0 Å². The summed E-state index contributed by atoms with van der Waals surface area (Å²) < 4.78 is 0. The van der Waals surface area contributed by atoms with Crippen LogP contribution >= 0.6 is 12.4 Å². The number of hydrogen-bond donors (Lipinski definition) is 1. The maximum atomic E-state index is 11.4. The molecule has 0 fully saturated rings. The van der Waals surface area contributed by atoms with E-state index in [-0.39, 0.29) is 12.4 Å². The van der Waals surface area contributed by atoms with Gasteiger partial charge in [0.15, 0.2) is 0 Å². The lowest BCUT2D eigenvalue weighted by Crippen LogP contribution is -2.26. The predicted octanol–water partition coefficient (Wildman–Crippen LogP) is 9.53. The zero-order valence-corrected chi connectivity index (χ0v) is 21.6. The number of rotatable bonds is 21. The Morgan fingerprint density at radius 1 is 0.645 bits per heavy atom. The van der Waals surface area contributed by atoms with Gasteiger partial charge in [-0.15, -0.1) is 12.4 Å². The number of nitrogens with zero attached hydrogens (tertiary/aromatic N) is 1. The van der Waals surface area contributed by atoms with Gasteiger partial charge < -0.3 is 5.11 Å². The molecular formula is C28H52ClNO. The van der Waals surface area contributed by atoms with Gasteiger partial charge in [-0.1, -0.05) is 135 Å². The lowest BCUT2D eigenvalue weighted by Gasteiger charge is -2.29. The molecule has 0 atom stereocenters. The van der Waals surface area contributed by atoms with E-state index in [9.17, 15) is 5.11 Å². The Balaban J connectivity index is 0.00000900. The van der Waals surface area contributed by atoms with Crippen molar-refractivity contribution >= 4 is 12.4 Å². The molecule has 2 nitrogen and oxygen atoms in total. The first-order valence-electron chi connectivity index (χ1n) is 13.4. The van der Waals surface area contributed by atoms with Crippen molar-refractivity contribution in [1.82, 2.24) is 4.98 Å². The second kappa shape index (κ2) is 21.3. The van der Waals surface area contributed by atoms with Crippen molar-refractivity contribution in [1.29, 1.82) is 0 Å². The highest BCUT2D eigenvalue weighted by molar-refractivity contribution is 5.85. The fourth-order valence-corrected chi connectivity index (χ4v) is 4.51. The number of hydrogen-bond acceptors (Lipinski definition) is 2. The Hall–Kier alpha value is -0.600. The van der Waals surface area contributed by atoms with Gasteiger partial charge in [-0.05, 0) is 18.9 Å². The van der Waals surface area contributed by atoms with Crippen LogP contribution in [0.4, 0.5) is 0 Å². The molecule has 31 heavy (non-hydrogen) atoms. The Labute approximate surface area is 200 Å². The molecule has 1 aromatic heterocycles. The van der Waals surface area contributed by atoms with Crippen molar-refractivity contribution in [3.63, 3.8) is 0 Å². The molecule has 0 aromatic carbocycles. The van der Waals surface area contributed by atoms with Gasteiger partial charge in [-0.3, -0.25) is 4.98 Å². The largest absolute Gasteiger partial charge is 0.385 e. The molecule has 1 N–H and O–H groups in total. The summed E-state index contributed by atoms with van der Waals surface area (Å²) in [5.74, 6) is 0. The molecule has 0 saturated heterocycles. The maximum absolute atomic E-state index is 11.4. The molecule has 1 rings (SSSR count). The van der Waals surface area contributed by atoms with Crippen LogP contribution in [0.25, 0.3) is 0 Å². The van der Waals surface area contributed by atoms with Crippen LogP contribution in [0, 0.1) is 0 Å². The molecule has 0 aliphatic rings. The number of aromatic nitrogens is 1. The lowest BCUT2D eigenvalue weighted by atomic mass is 9.84. The van der Waals surface area contributed by atoms with Gasteiger partial charge in [0, 0.05) is 18.0 Å². The van der Waals surface area contributed by atoms with Crippen LogP contribution < -0.4 is 0 Å². The Morgan fingerprint density at radius 2 is 1.03 bits per heavy atom. The lowest BCUT2D eigenvalue weighted by molar-refractivity contribution is 0.0129. The van der Waals surface area contributed by atoms with E-state index in [0.29, 0.717) is 0 Å². The van der Waals surface area contributed by atoms with Crippen LogP contribution in [0.5, 0.6) is 0 Å². The van der Waals surface area contributed by atoms with E-state index in [1.807, 2.05) is 12.3 Å². The molecule has 1 heterocycles. The first-order chi connectivity index (χ1) is 14.7. The van der Waals surface area contributed by atoms with Gasteiger partial charge in [0.05, 0.1) is 5.60 Å². The second-order valence-electron chi connectivity index (χ2n) is 9.43. The number of aliphatic hydroxyl groups is 1. The van der Waals surface area contributed by atoms with E-state index in [1.165, 1.54) is 103 Å². The van der Waals surface area contributed by atoms with Gasteiger partial charge in [0.2, 0.25) is 0 Å². The smallest absolute Gasteiger partial charge is 0.0911 e. The molecule has 0 aliphatic carbocycles. The summed E-state index contributed by atoms with van der Waals surface area (Å²) in [6.07, 6.45) is 29.3. The molecule has 0 unspecified atom stereocenters. The molecule has 0 aliphatic heterocycles. The quantitative estimate of drug-likeness (QED) is 0.188. The molecular weight excluding hydrogens is 402 g/mol. The summed E-state index contributed by atoms with van der Waals surface area (Å²) >= 11 is 0. The highest BCUT2D eigenvalue weighted by Crippen LogP contribution is 2.33. The fraction of sp³-hybridized carbons (Fsp3) is 0.821. The topological polar surface area (TPSA) is 33.1 Å². The van der Waals surface area contributed by atoms with Crippen LogP contribution in [0.3, 0.4) is 0 Å². The summed E-state index contributed by atoms with van der Waals surface area (Å²) in [6.45, 7) is 4.55. The van der Waals surface area contributed by atoms with Crippen LogP contribution in [0.2, 0.25) is 0 Å². The molecule has 0 spiro atoms. The first kappa shape index (κ1) is 30.4. The Kier molecular flexibility index (Phi) is 20.8. The standard InChI is InChI=1S/C28H51NO.ClH/c1-3-5-7-9-11-13-15-17-19-23-28(30,27-22-21-25-29-26-27)24-20-18-16-14-12-10-8-6-4-2;/h21-22,25-26,30H,3-20,23-24H2,1-2H3;1H. The molecule has 0 saturated carbocycles. The normalized spacial score (nSPS) is 11.5. The SMILES string of the molecule is CCCCCCCCCCCC(O)(CCCCCCCCCCC)c1cccnc1.Cl. The molecule has 0 bridgehead atoms. The van der Waals surface area contributed by atoms with Crippen molar-refractivity contribution < 1.29 is 5.11 Å². The van der Waals surface area contributed by atoms with E-state index in [1.54, 1.807) is 6.20 Å². The minimum Gasteiger partial charge on any atom is -0.385 e. The molecule has 0 amide bonds. The van der Waals surface area contributed by atoms with Crippen LogP contribution in [-0.2, 0) is 5.60 Å². The number of pyridine rings is 1. The van der Waals surface area contributed by atoms with Crippen LogP contribution in [0.1, 0.15) is 148 Å². The van der Waals surface area contributed by atoms with Gasteiger partial charge in [0.1, 0.15) is 0 Å². The van der Waals surface area contributed by atoms with Crippen molar-refractivity contribution in [3.05, 3.63) is 30.1 Å². The predicted molar refractivity (Wildman–Crippen MR) is 139 cm³/mol. The summed E-state index contributed by atoms with van der Waals surface area (Å²) in [5.41, 5.74) is 0.334. The molecule has 182 valence electrons. The number of halogens is 1. The zero-order chi connectivity index (χ0) is 21.8. The third-order valence-electron chi connectivity index (χ3n) is 6.59. The minimum absolute atomic E-state index is 0. The summed E-state index contributed by atoms with van der Waals surface area (Å²) in [5, 5.41) is 11.4. The first-order valence-corrected chi connectivity index (χ1v) is 13.4. The monoisotopic (exact) mass is 453 g/mol. The fourth-order valence-electron chi connectivity index (χ4n) is 4.51. The van der Waals surface area contributed by atoms with Crippen LogP contribution in [0.15, 0.2) is 24.5 Å². The third-order valence-corrected chi connectivity index (χ3v) is 6.59. The minimum atomic E-state index is -0.684. The molecule has 1 aromatic rings. The van der Waals surface area contributed by atoms with Gasteiger partial charge in [-0.2, -0.15) is 0 Å². The van der Waals surface area contributed by atoms with E-state index in [0.717, 1.165) is 31.2 Å². The average Bonchev–Trinajstić information content (AvgIpc) is 2.77. The van der Waals surface area contributed by atoms with E-state index in [4.69, 9.17) is 0 Å². The van der Waals surface area contributed by atoms with Gasteiger partial charge in [-0.25, -0.2) is 0 Å². The summed E-state index contributed by atoms with van der Waals surface area (Å²) in [6, 6.07) is 4.03. The van der Waals surface area contributed by atoms with Crippen molar-refractivity contribution in [2.45, 2.75) is 148 Å².